The molecule has 0 spiro atoms. The smallest absolute Gasteiger partial charge is 0.326 e. The van der Waals surface area contributed by atoms with E-state index in [0.717, 1.165) is 19.3 Å². The van der Waals surface area contributed by atoms with E-state index in [0.29, 0.717) is 12.6 Å². The molecule has 2 atom stereocenters. The van der Waals surface area contributed by atoms with Crippen LogP contribution in [0.3, 0.4) is 0 Å². The summed E-state index contributed by atoms with van der Waals surface area (Å²) in [4.78, 5) is 15.0. The Balaban J connectivity index is 2.12. The number of likely N-dealkylation sites (tertiary alicyclic amines) is 1. The molecule has 2 rings (SSSR count). The minimum Gasteiger partial charge on any atom is -0.465 e. The van der Waals surface area contributed by atoms with Crippen LogP contribution in [-0.2, 0) is 9.53 Å². The lowest BCUT2D eigenvalue weighted by atomic mass is 9.77. The number of ether oxygens (including phenoxy) is 1. The Hall–Kier alpha value is -0.610. The van der Waals surface area contributed by atoms with Gasteiger partial charge in [-0.15, -0.1) is 0 Å². The third-order valence-electron chi connectivity index (χ3n) is 5.28. The Morgan fingerprint density at radius 1 is 1.35 bits per heavy atom. The molecule has 1 saturated carbocycles. The van der Waals surface area contributed by atoms with Gasteiger partial charge in [-0.1, -0.05) is 0 Å². The number of hydrogen-bond acceptors (Lipinski definition) is 4. The van der Waals surface area contributed by atoms with E-state index in [9.17, 15) is 4.79 Å². The highest BCUT2D eigenvalue weighted by Crippen LogP contribution is 2.38. The summed E-state index contributed by atoms with van der Waals surface area (Å²) in [5.41, 5.74) is -0.201. The van der Waals surface area contributed by atoms with Crippen LogP contribution in [0.2, 0.25) is 0 Å². The summed E-state index contributed by atoms with van der Waals surface area (Å²) in [6.45, 7) is 8.17. The zero-order valence-electron chi connectivity index (χ0n) is 13.5. The third kappa shape index (κ3) is 2.86. The van der Waals surface area contributed by atoms with Crippen molar-refractivity contribution in [3.63, 3.8) is 0 Å². The van der Waals surface area contributed by atoms with Crippen molar-refractivity contribution in [3.8, 4) is 0 Å². The first-order chi connectivity index (χ1) is 9.45. The molecule has 0 aromatic heterocycles. The number of hydrogen-bond donors (Lipinski definition) is 1. The number of likely N-dealkylation sites (N-methyl/N-ethyl adjacent to an activating group) is 1. The number of carbonyl (C=O) groups excluding carboxylic acids is 1. The standard InChI is InChI=1S/C16H30N2O2/c1-5-20-14(19)16(17-4)10-6-8-13(12-16)18-11-7-9-15(18,2)3/h13,17H,5-12H2,1-4H3. The summed E-state index contributed by atoms with van der Waals surface area (Å²) in [5, 5.41) is 3.28. The van der Waals surface area contributed by atoms with Crippen LogP contribution in [0.5, 0.6) is 0 Å². The monoisotopic (exact) mass is 282 g/mol. The average molecular weight is 282 g/mol. The molecule has 4 heteroatoms. The van der Waals surface area contributed by atoms with Crippen molar-refractivity contribution in [1.82, 2.24) is 10.2 Å². The van der Waals surface area contributed by atoms with Gasteiger partial charge in [0.1, 0.15) is 5.54 Å². The van der Waals surface area contributed by atoms with Crippen molar-refractivity contribution in [3.05, 3.63) is 0 Å². The first-order valence-corrected chi connectivity index (χ1v) is 8.08. The summed E-state index contributed by atoms with van der Waals surface area (Å²) in [6, 6.07) is 0.498. The molecule has 1 heterocycles. The van der Waals surface area contributed by atoms with Crippen LogP contribution >= 0.6 is 0 Å². The minimum absolute atomic E-state index is 0.0656. The maximum Gasteiger partial charge on any atom is 0.326 e. The molecule has 0 bridgehead atoms. The lowest BCUT2D eigenvalue weighted by Crippen LogP contribution is -2.59. The Labute approximate surface area is 123 Å². The molecular weight excluding hydrogens is 252 g/mol. The number of nitrogens with zero attached hydrogens (tertiary/aromatic N) is 1. The summed E-state index contributed by atoms with van der Waals surface area (Å²) >= 11 is 0. The van der Waals surface area contributed by atoms with Crippen LogP contribution in [0.1, 0.15) is 59.3 Å². The third-order valence-corrected chi connectivity index (χ3v) is 5.28. The summed E-state index contributed by atoms with van der Waals surface area (Å²) in [7, 11) is 1.90. The molecule has 1 N–H and O–H groups in total. The lowest BCUT2D eigenvalue weighted by molar-refractivity contribution is -0.154. The fourth-order valence-corrected chi connectivity index (χ4v) is 4.10. The molecule has 0 amide bonds. The number of rotatable bonds is 4. The van der Waals surface area contributed by atoms with Gasteiger partial charge in [0.2, 0.25) is 0 Å². The fraction of sp³-hybridized carbons (Fsp3) is 0.938. The zero-order chi connectivity index (χ0) is 14.8. The van der Waals surface area contributed by atoms with Crippen molar-refractivity contribution in [1.29, 1.82) is 0 Å². The largest absolute Gasteiger partial charge is 0.465 e. The van der Waals surface area contributed by atoms with Crippen LogP contribution in [0.4, 0.5) is 0 Å². The number of esters is 1. The first kappa shape index (κ1) is 15.8. The van der Waals surface area contributed by atoms with Crippen LogP contribution in [0, 0.1) is 0 Å². The molecule has 2 unspecified atom stereocenters. The molecule has 20 heavy (non-hydrogen) atoms. The van der Waals surface area contributed by atoms with Gasteiger partial charge in [0.25, 0.3) is 0 Å². The predicted octanol–water partition coefficient (Wildman–Crippen LogP) is 2.32. The maximum atomic E-state index is 12.4. The predicted molar refractivity (Wildman–Crippen MR) is 80.7 cm³/mol. The molecule has 0 radical (unpaired) electrons. The number of carbonyl (C=O) groups is 1. The molecule has 2 fully saturated rings. The van der Waals surface area contributed by atoms with Crippen LogP contribution in [-0.4, -0.2) is 48.2 Å². The highest BCUT2D eigenvalue weighted by atomic mass is 16.5. The van der Waals surface area contributed by atoms with E-state index in [1.165, 1.54) is 25.8 Å². The van der Waals surface area contributed by atoms with E-state index in [-0.39, 0.29) is 11.5 Å². The second kappa shape index (κ2) is 6.02. The van der Waals surface area contributed by atoms with Gasteiger partial charge in [-0.3, -0.25) is 9.69 Å². The lowest BCUT2D eigenvalue weighted by Gasteiger charge is -2.46. The van der Waals surface area contributed by atoms with E-state index < -0.39 is 5.54 Å². The van der Waals surface area contributed by atoms with E-state index in [2.05, 4.69) is 24.1 Å². The fourth-order valence-electron chi connectivity index (χ4n) is 4.10. The van der Waals surface area contributed by atoms with Gasteiger partial charge in [-0.2, -0.15) is 0 Å². The topological polar surface area (TPSA) is 41.6 Å². The second-order valence-electron chi connectivity index (χ2n) is 6.91. The number of nitrogens with one attached hydrogen (secondary N) is 1. The summed E-state index contributed by atoms with van der Waals surface area (Å²) in [5.74, 6) is -0.0656. The van der Waals surface area contributed by atoms with Gasteiger partial charge in [0.05, 0.1) is 6.61 Å². The Bertz CT molecular complexity index is 356. The van der Waals surface area contributed by atoms with Crippen LogP contribution < -0.4 is 5.32 Å². The highest BCUT2D eigenvalue weighted by Gasteiger charge is 2.47. The summed E-state index contributed by atoms with van der Waals surface area (Å²) < 4.78 is 5.32. The van der Waals surface area contributed by atoms with Crippen molar-refractivity contribution in [2.75, 3.05) is 20.2 Å². The van der Waals surface area contributed by atoms with Gasteiger partial charge in [0, 0.05) is 11.6 Å². The minimum atomic E-state index is -0.475. The van der Waals surface area contributed by atoms with Gasteiger partial charge in [-0.25, -0.2) is 0 Å². The average Bonchev–Trinajstić information content (AvgIpc) is 2.78. The van der Waals surface area contributed by atoms with Crippen molar-refractivity contribution < 1.29 is 9.53 Å². The molecule has 4 nitrogen and oxygen atoms in total. The molecule has 1 aliphatic carbocycles. The molecule has 2 aliphatic rings. The van der Waals surface area contributed by atoms with Crippen molar-refractivity contribution in [2.24, 2.45) is 0 Å². The Kier molecular flexibility index (Phi) is 4.75. The molecule has 0 aromatic rings. The quantitative estimate of drug-likeness (QED) is 0.804. The molecule has 1 aliphatic heterocycles. The molecule has 0 aromatic carbocycles. The van der Waals surface area contributed by atoms with Crippen molar-refractivity contribution >= 4 is 5.97 Å². The van der Waals surface area contributed by atoms with E-state index in [4.69, 9.17) is 4.74 Å². The Morgan fingerprint density at radius 3 is 2.65 bits per heavy atom. The van der Waals surface area contributed by atoms with Gasteiger partial charge < -0.3 is 10.1 Å². The SMILES string of the molecule is CCOC(=O)C1(NC)CCCC(N2CCCC2(C)C)C1. The van der Waals surface area contributed by atoms with Gasteiger partial charge >= 0.3 is 5.97 Å². The van der Waals surface area contributed by atoms with Crippen molar-refractivity contribution in [2.45, 2.75) is 76.4 Å². The van der Waals surface area contributed by atoms with Gasteiger partial charge in [-0.05, 0) is 72.9 Å². The molecule has 116 valence electrons. The zero-order valence-corrected chi connectivity index (χ0v) is 13.5. The van der Waals surface area contributed by atoms with E-state index in [1.807, 2.05) is 14.0 Å². The second-order valence-corrected chi connectivity index (χ2v) is 6.91. The molecule has 1 saturated heterocycles. The van der Waals surface area contributed by atoms with Crippen LogP contribution in [0.25, 0.3) is 0 Å². The van der Waals surface area contributed by atoms with E-state index >= 15 is 0 Å². The first-order valence-electron chi connectivity index (χ1n) is 8.08. The molecular formula is C16H30N2O2. The van der Waals surface area contributed by atoms with Gasteiger partial charge in [0.15, 0.2) is 0 Å². The summed E-state index contributed by atoms with van der Waals surface area (Å²) in [6.07, 6.45) is 6.60. The van der Waals surface area contributed by atoms with Crippen LogP contribution in [0.15, 0.2) is 0 Å². The Morgan fingerprint density at radius 2 is 2.10 bits per heavy atom. The normalized spacial score (nSPS) is 34.1. The highest BCUT2D eigenvalue weighted by molar-refractivity contribution is 5.81. The maximum absolute atomic E-state index is 12.4. The van der Waals surface area contributed by atoms with E-state index in [1.54, 1.807) is 0 Å².